The Morgan fingerprint density at radius 1 is 1.11 bits per heavy atom. The number of halogens is 4. The van der Waals surface area contributed by atoms with Crippen LogP contribution in [0.2, 0.25) is 5.02 Å². The molecule has 0 aliphatic rings. The highest BCUT2D eigenvalue weighted by atomic mass is 79.9. The Kier molecular flexibility index (Phi) is 4.43. The summed E-state index contributed by atoms with van der Waals surface area (Å²) in [7, 11) is 0. The molecule has 0 N–H and O–H groups in total. The molecule has 19 heavy (non-hydrogen) atoms. The van der Waals surface area contributed by atoms with Gasteiger partial charge in [-0.05, 0) is 52.7 Å². The van der Waals surface area contributed by atoms with Gasteiger partial charge in [-0.1, -0.05) is 33.6 Å². The number of ketones is 1. The minimum Gasteiger partial charge on any atom is -0.288 e. The van der Waals surface area contributed by atoms with E-state index in [1.165, 1.54) is 6.07 Å². The van der Waals surface area contributed by atoms with Gasteiger partial charge in [0.1, 0.15) is 0 Å². The second kappa shape index (κ2) is 5.73. The van der Waals surface area contributed by atoms with Crippen LogP contribution in [-0.4, -0.2) is 5.78 Å². The molecule has 0 amide bonds. The van der Waals surface area contributed by atoms with E-state index in [1.807, 2.05) is 13.0 Å². The van der Waals surface area contributed by atoms with Crippen molar-refractivity contribution in [1.29, 1.82) is 0 Å². The van der Waals surface area contributed by atoms with Gasteiger partial charge in [0.2, 0.25) is 0 Å². The van der Waals surface area contributed by atoms with E-state index in [2.05, 4.69) is 31.9 Å². The Balaban J connectivity index is 2.53. The summed E-state index contributed by atoms with van der Waals surface area (Å²) in [6.45, 7) is 1.91. The molecular formula is C14H8Br2ClFO. The lowest BCUT2D eigenvalue weighted by atomic mass is 10.0. The minimum absolute atomic E-state index is 0.0437. The molecule has 0 spiro atoms. The van der Waals surface area contributed by atoms with Gasteiger partial charge in [-0.15, -0.1) is 0 Å². The molecule has 0 unspecified atom stereocenters. The van der Waals surface area contributed by atoms with Gasteiger partial charge in [-0.25, -0.2) is 4.39 Å². The number of carbonyl (C=O) groups is 1. The molecule has 0 fully saturated rings. The van der Waals surface area contributed by atoms with E-state index >= 15 is 0 Å². The highest BCUT2D eigenvalue weighted by molar-refractivity contribution is 9.10. The Hall–Kier alpha value is -0.710. The van der Waals surface area contributed by atoms with E-state index in [0.717, 1.165) is 5.56 Å². The number of rotatable bonds is 2. The zero-order chi connectivity index (χ0) is 14.2. The van der Waals surface area contributed by atoms with Crippen molar-refractivity contribution in [2.75, 3.05) is 0 Å². The molecule has 0 aliphatic carbocycles. The standard InChI is InChI=1S/C14H8Br2ClFO/c1-7-2-3-8(11(16)6-7)14(19)9-4-5-10(15)12(17)13(9)18/h2-6H,1H3. The van der Waals surface area contributed by atoms with Crippen molar-refractivity contribution in [3.05, 3.63) is 66.8 Å². The third kappa shape index (κ3) is 2.91. The fourth-order valence-electron chi connectivity index (χ4n) is 1.65. The molecule has 0 bridgehead atoms. The monoisotopic (exact) mass is 404 g/mol. The van der Waals surface area contributed by atoms with Crippen molar-refractivity contribution >= 4 is 49.2 Å². The van der Waals surface area contributed by atoms with Crippen molar-refractivity contribution in [2.45, 2.75) is 6.92 Å². The van der Waals surface area contributed by atoms with Crippen molar-refractivity contribution in [1.82, 2.24) is 0 Å². The van der Waals surface area contributed by atoms with Crippen molar-refractivity contribution < 1.29 is 9.18 Å². The third-order valence-electron chi connectivity index (χ3n) is 2.65. The van der Waals surface area contributed by atoms with Gasteiger partial charge in [0.15, 0.2) is 11.6 Å². The van der Waals surface area contributed by atoms with Crippen LogP contribution >= 0.6 is 43.5 Å². The summed E-state index contributed by atoms with van der Waals surface area (Å²) in [4.78, 5) is 12.3. The zero-order valence-electron chi connectivity index (χ0n) is 9.81. The molecule has 0 saturated carbocycles. The van der Waals surface area contributed by atoms with Crippen LogP contribution in [0.5, 0.6) is 0 Å². The number of hydrogen-bond acceptors (Lipinski definition) is 1. The predicted molar refractivity (Wildman–Crippen MR) is 81.4 cm³/mol. The lowest BCUT2D eigenvalue weighted by Crippen LogP contribution is -2.06. The quantitative estimate of drug-likeness (QED) is 0.473. The van der Waals surface area contributed by atoms with E-state index in [9.17, 15) is 9.18 Å². The number of carbonyl (C=O) groups excluding carboxylic acids is 1. The first kappa shape index (κ1) is 14.7. The molecule has 0 heterocycles. The van der Waals surface area contributed by atoms with Gasteiger partial charge >= 0.3 is 0 Å². The van der Waals surface area contributed by atoms with Gasteiger partial charge in [0.05, 0.1) is 10.6 Å². The summed E-state index contributed by atoms with van der Waals surface area (Å²) in [5.74, 6) is -1.12. The maximum absolute atomic E-state index is 14.0. The summed E-state index contributed by atoms with van der Waals surface area (Å²) in [6, 6.07) is 8.25. The average Bonchev–Trinajstić information content (AvgIpc) is 2.35. The van der Waals surface area contributed by atoms with Crippen LogP contribution in [0.25, 0.3) is 0 Å². The molecule has 0 aliphatic heterocycles. The molecule has 2 aromatic rings. The fraction of sp³-hybridized carbons (Fsp3) is 0.0714. The van der Waals surface area contributed by atoms with Gasteiger partial charge < -0.3 is 0 Å². The zero-order valence-corrected chi connectivity index (χ0v) is 13.7. The fourth-order valence-corrected chi connectivity index (χ4v) is 2.79. The van der Waals surface area contributed by atoms with Gasteiger partial charge in [0.25, 0.3) is 0 Å². The first-order chi connectivity index (χ1) is 8.91. The maximum Gasteiger partial charge on any atom is 0.197 e. The maximum atomic E-state index is 14.0. The summed E-state index contributed by atoms with van der Waals surface area (Å²) in [6.07, 6.45) is 0. The normalized spacial score (nSPS) is 10.6. The molecule has 2 aromatic carbocycles. The Morgan fingerprint density at radius 3 is 2.37 bits per heavy atom. The molecule has 0 radical (unpaired) electrons. The van der Waals surface area contributed by atoms with E-state index < -0.39 is 11.6 Å². The summed E-state index contributed by atoms with van der Waals surface area (Å²) < 4.78 is 15.1. The topological polar surface area (TPSA) is 17.1 Å². The molecule has 5 heteroatoms. The average molecular weight is 406 g/mol. The Labute approximate surface area is 132 Å². The second-order valence-electron chi connectivity index (χ2n) is 4.04. The lowest BCUT2D eigenvalue weighted by Gasteiger charge is -2.07. The Morgan fingerprint density at radius 2 is 1.74 bits per heavy atom. The van der Waals surface area contributed by atoms with Gasteiger partial charge in [0, 0.05) is 14.5 Å². The van der Waals surface area contributed by atoms with Crippen LogP contribution < -0.4 is 0 Å². The SMILES string of the molecule is Cc1ccc(C(=O)c2ccc(Br)c(Cl)c2F)c(Br)c1. The molecule has 0 atom stereocenters. The van der Waals surface area contributed by atoms with Crippen LogP contribution in [0.4, 0.5) is 4.39 Å². The van der Waals surface area contributed by atoms with Crippen molar-refractivity contribution in [2.24, 2.45) is 0 Å². The van der Waals surface area contributed by atoms with Gasteiger partial charge in [-0.3, -0.25) is 4.79 Å². The molecule has 1 nitrogen and oxygen atoms in total. The summed E-state index contributed by atoms with van der Waals surface area (Å²) in [5.41, 5.74) is 1.37. The highest BCUT2D eigenvalue weighted by Crippen LogP contribution is 2.30. The smallest absolute Gasteiger partial charge is 0.197 e. The first-order valence-corrected chi connectivity index (χ1v) is 7.32. The van der Waals surface area contributed by atoms with E-state index in [0.29, 0.717) is 14.5 Å². The van der Waals surface area contributed by atoms with Crippen LogP contribution in [0.3, 0.4) is 0 Å². The van der Waals surface area contributed by atoms with E-state index in [4.69, 9.17) is 11.6 Å². The highest BCUT2D eigenvalue weighted by Gasteiger charge is 2.19. The van der Waals surface area contributed by atoms with Crippen molar-refractivity contribution in [3.63, 3.8) is 0 Å². The molecule has 2 rings (SSSR count). The third-order valence-corrected chi connectivity index (χ3v) is 4.56. The number of hydrogen-bond donors (Lipinski definition) is 0. The van der Waals surface area contributed by atoms with E-state index in [-0.39, 0.29) is 10.6 Å². The second-order valence-corrected chi connectivity index (χ2v) is 6.12. The first-order valence-electron chi connectivity index (χ1n) is 5.36. The van der Waals surface area contributed by atoms with Gasteiger partial charge in [-0.2, -0.15) is 0 Å². The predicted octanol–water partition coefficient (Wildman–Crippen LogP) is 5.54. The lowest BCUT2D eigenvalue weighted by molar-refractivity contribution is 0.103. The minimum atomic E-state index is -0.714. The van der Waals surface area contributed by atoms with Crippen LogP contribution in [0.1, 0.15) is 21.5 Å². The summed E-state index contributed by atoms with van der Waals surface area (Å²) in [5, 5.41) is -0.0888. The molecule has 98 valence electrons. The van der Waals surface area contributed by atoms with Crippen molar-refractivity contribution in [3.8, 4) is 0 Å². The summed E-state index contributed by atoms with van der Waals surface area (Å²) >= 11 is 12.2. The Bertz CT molecular complexity index is 671. The molecule has 0 aromatic heterocycles. The van der Waals surface area contributed by atoms with E-state index in [1.54, 1.807) is 18.2 Å². The molecule has 0 saturated heterocycles. The molecular weight excluding hydrogens is 398 g/mol. The number of aryl methyl sites for hydroxylation is 1. The van der Waals surface area contributed by atoms with Crippen LogP contribution in [0.15, 0.2) is 39.3 Å². The van der Waals surface area contributed by atoms with Crippen LogP contribution in [0, 0.1) is 12.7 Å². The number of benzene rings is 2. The largest absolute Gasteiger partial charge is 0.288 e. The van der Waals surface area contributed by atoms with Crippen LogP contribution in [-0.2, 0) is 0 Å².